The second kappa shape index (κ2) is 5.82. The van der Waals surface area contributed by atoms with E-state index in [2.05, 4.69) is 4.98 Å². The van der Waals surface area contributed by atoms with Gasteiger partial charge < -0.3 is 14.2 Å². The molecule has 0 radical (unpaired) electrons. The van der Waals surface area contributed by atoms with Crippen LogP contribution in [-0.4, -0.2) is 23.7 Å². The Balaban J connectivity index is 1.68. The average molecular weight is 325 g/mol. The smallest absolute Gasteiger partial charge is 0.251 e. The number of fused-ring (bicyclic) bond motifs is 1. The number of methoxy groups -OCH3 is 1. The Kier molecular flexibility index (Phi) is 3.63. The highest BCUT2D eigenvalue weighted by Crippen LogP contribution is 2.52. The van der Waals surface area contributed by atoms with Gasteiger partial charge in [-0.25, -0.2) is 0 Å². The van der Waals surface area contributed by atoms with Gasteiger partial charge in [-0.2, -0.15) is 0 Å². The lowest BCUT2D eigenvalue weighted by Gasteiger charge is -2.21. The van der Waals surface area contributed by atoms with E-state index in [1.165, 1.54) is 0 Å². The van der Waals surface area contributed by atoms with E-state index in [1.807, 2.05) is 12.1 Å². The minimum Gasteiger partial charge on any atom is -0.493 e. The van der Waals surface area contributed by atoms with Gasteiger partial charge in [0.1, 0.15) is 0 Å². The first-order valence-corrected chi connectivity index (χ1v) is 8.22. The van der Waals surface area contributed by atoms with Gasteiger partial charge in [-0.05, 0) is 42.7 Å². The highest BCUT2D eigenvalue weighted by Gasteiger charge is 2.46. The molecular weight excluding hydrogens is 306 g/mol. The maximum absolute atomic E-state index is 12.8. The van der Waals surface area contributed by atoms with E-state index in [1.54, 1.807) is 31.6 Å². The van der Waals surface area contributed by atoms with Crippen LogP contribution in [0.5, 0.6) is 17.2 Å². The van der Waals surface area contributed by atoms with E-state index in [9.17, 15) is 4.79 Å². The summed E-state index contributed by atoms with van der Waals surface area (Å²) in [5.41, 5.74) is 1.47. The number of Topliss-reactive ketones (excluding diaryl/α,β-unsaturated/α-hetero) is 1. The van der Waals surface area contributed by atoms with Gasteiger partial charge in [-0.1, -0.05) is 0 Å². The van der Waals surface area contributed by atoms with Crippen LogP contribution in [0.15, 0.2) is 36.7 Å². The lowest BCUT2D eigenvalue weighted by Crippen LogP contribution is -2.34. The molecule has 0 saturated heterocycles. The maximum atomic E-state index is 12.8. The standard InChI is InChI=1S/C19H19NO4/c1-22-16-5-4-14(15(21)12-13-6-10-20-11-7-13)17-18(16)24-19(23-17)8-2-3-9-19/h4-7,10-11H,2-3,8-9,12H2,1H3. The largest absolute Gasteiger partial charge is 0.493 e. The highest BCUT2D eigenvalue weighted by molar-refractivity contribution is 6.01. The first-order chi connectivity index (χ1) is 11.7. The number of carbonyl (C=O) groups is 1. The van der Waals surface area contributed by atoms with Crippen LogP contribution >= 0.6 is 0 Å². The zero-order chi connectivity index (χ0) is 16.6. The van der Waals surface area contributed by atoms with Gasteiger partial charge in [0.05, 0.1) is 12.7 Å². The molecule has 2 aromatic rings. The van der Waals surface area contributed by atoms with Gasteiger partial charge in [-0.3, -0.25) is 9.78 Å². The molecule has 0 amide bonds. The summed E-state index contributed by atoms with van der Waals surface area (Å²) in [4.78, 5) is 16.8. The van der Waals surface area contributed by atoms with Crippen LogP contribution in [-0.2, 0) is 6.42 Å². The van der Waals surface area contributed by atoms with Crippen LogP contribution < -0.4 is 14.2 Å². The van der Waals surface area contributed by atoms with Crippen molar-refractivity contribution in [2.24, 2.45) is 0 Å². The molecule has 1 aliphatic carbocycles. The molecule has 4 rings (SSSR count). The molecule has 1 aliphatic heterocycles. The van der Waals surface area contributed by atoms with Crippen LogP contribution in [0.3, 0.4) is 0 Å². The van der Waals surface area contributed by atoms with E-state index in [4.69, 9.17) is 14.2 Å². The summed E-state index contributed by atoms with van der Waals surface area (Å²) in [5, 5.41) is 0. The van der Waals surface area contributed by atoms with Crippen LogP contribution in [0.2, 0.25) is 0 Å². The molecule has 24 heavy (non-hydrogen) atoms. The third-order valence-electron chi connectivity index (χ3n) is 4.65. The second-order valence-electron chi connectivity index (χ2n) is 6.25. The number of benzene rings is 1. The Morgan fingerprint density at radius 2 is 1.83 bits per heavy atom. The first kappa shape index (κ1) is 15.0. The molecular formula is C19H19NO4. The molecule has 2 aliphatic rings. The fraction of sp³-hybridized carbons (Fsp3) is 0.368. The van der Waals surface area contributed by atoms with Gasteiger partial charge >= 0.3 is 0 Å². The van der Waals surface area contributed by atoms with Gasteiger partial charge in [-0.15, -0.1) is 0 Å². The molecule has 1 spiro atoms. The Morgan fingerprint density at radius 1 is 1.12 bits per heavy atom. The van der Waals surface area contributed by atoms with E-state index >= 15 is 0 Å². The number of aromatic nitrogens is 1. The SMILES string of the molecule is COc1ccc(C(=O)Cc2ccncc2)c2c1OC1(CCCC1)O2. The van der Waals surface area contributed by atoms with Gasteiger partial charge in [0, 0.05) is 31.7 Å². The Bertz CT molecular complexity index is 766. The number of hydrogen-bond donors (Lipinski definition) is 0. The summed E-state index contributed by atoms with van der Waals surface area (Å²) < 4.78 is 17.6. The van der Waals surface area contributed by atoms with E-state index in [0.717, 1.165) is 31.2 Å². The van der Waals surface area contributed by atoms with E-state index < -0.39 is 5.79 Å². The van der Waals surface area contributed by atoms with Crippen molar-refractivity contribution in [1.29, 1.82) is 0 Å². The normalized spacial score (nSPS) is 17.2. The zero-order valence-electron chi connectivity index (χ0n) is 13.6. The van der Waals surface area contributed by atoms with Crippen LogP contribution in [0, 0.1) is 0 Å². The van der Waals surface area contributed by atoms with Gasteiger partial charge in [0.15, 0.2) is 17.3 Å². The molecule has 5 heteroatoms. The lowest BCUT2D eigenvalue weighted by atomic mass is 10.0. The summed E-state index contributed by atoms with van der Waals surface area (Å²) in [5.74, 6) is 1.06. The molecule has 0 N–H and O–H groups in total. The number of nitrogens with zero attached hydrogens (tertiary/aromatic N) is 1. The Hall–Kier alpha value is -2.56. The quantitative estimate of drug-likeness (QED) is 0.805. The highest BCUT2D eigenvalue weighted by atomic mass is 16.7. The van der Waals surface area contributed by atoms with Crippen molar-refractivity contribution in [3.63, 3.8) is 0 Å². The number of pyridine rings is 1. The summed E-state index contributed by atoms with van der Waals surface area (Å²) in [6, 6.07) is 7.23. The molecule has 1 saturated carbocycles. The fourth-order valence-corrected chi connectivity index (χ4v) is 3.41. The average Bonchev–Trinajstić information content (AvgIpc) is 3.21. The predicted octanol–water partition coefficient (Wildman–Crippen LogP) is 3.56. The third kappa shape index (κ3) is 2.50. The minimum atomic E-state index is -0.622. The summed E-state index contributed by atoms with van der Waals surface area (Å²) in [6.07, 6.45) is 7.48. The van der Waals surface area contributed by atoms with Crippen LogP contribution in [0.25, 0.3) is 0 Å². The van der Waals surface area contributed by atoms with Gasteiger partial charge in [0.25, 0.3) is 5.79 Å². The van der Waals surface area contributed by atoms with Crippen molar-refractivity contribution >= 4 is 5.78 Å². The third-order valence-corrected chi connectivity index (χ3v) is 4.65. The Labute approximate surface area is 140 Å². The van der Waals surface area contributed by atoms with Crippen LogP contribution in [0.4, 0.5) is 0 Å². The molecule has 1 fully saturated rings. The van der Waals surface area contributed by atoms with Gasteiger partial charge in [0.2, 0.25) is 5.75 Å². The number of carbonyl (C=O) groups excluding carboxylic acids is 1. The van der Waals surface area contributed by atoms with E-state index in [-0.39, 0.29) is 5.78 Å². The molecule has 0 atom stereocenters. The van der Waals surface area contributed by atoms with Crippen molar-refractivity contribution in [1.82, 2.24) is 4.98 Å². The lowest BCUT2D eigenvalue weighted by molar-refractivity contribution is -0.0724. The second-order valence-corrected chi connectivity index (χ2v) is 6.25. The Morgan fingerprint density at radius 3 is 2.54 bits per heavy atom. The van der Waals surface area contributed by atoms with Crippen molar-refractivity contribution in [3.8, 4) is 17.2 Å². The van der Waals surface area contributed by atoms with Crippen molar-refractivity contribution in [2.45, 2.75) is 37.9 Å². The van der Waals surface area contributed by atoms with Crippen molar-refractivity contribution in [2.75, 3.05) is 7.11 Å². The minimum absolute atomic E-state index is 0.00116. The molecule has 0 unspecified atom stereocenters. The number of hydrogen-bond acceptors (Lipinski definition) is 5. The predicted molar refractivity (Wildman–Crippen MR) is 87.7 cm³/mol. The van der Waals surface area contributed by atoms with Crippen LogP contribution in [0.1, 0.15) is 41.6 Å². The monoisotopic (exact) mass is 325 g/mol. The first-order valence-electron chi connectivity index (χ1n) is 8.22. The molecule has 2 heterocycles. The fourth-order valence-electron chi connectivity index (χ4n) is 3.41. The summed E-state index contributed by atoms with van der Waals surface area (Å²) in [6.45, 7) is 0. The number of ether oxygens (including phenoxy) is 3. The molecule has 5 nitrogen and oxygen atoms in total. The van der Waals surface area contributed by atoms with Crippen molar-refractivity contribution < 1.29 is 19.0 Å². The topological polar surface area (TPSA) is 57.7 Å². The van der Waals surface area contributed by atoms with Crippen molar-refractivity contribution in [3.05, 3.63) is 47.8 Å². The summed E-state index contributed by atoms with van der Waals surface area (Å²) >= 11 is 0. The number of ketones is 1. The maximum Gasteiger partial charge on any atom is 0.251 e. The summed E-state index contributed by atoms with van der Waals surface area (Å²) in [7, 11) is 1.59. The molecule has 124 valence electrons. The molecule has 1 aromatic carbocycles. The molecule has 0 bridgehead atoms. The molecule has 1 aromatic heterocycles. The number of rotatable bonds is 4. The zero-order valence-corrected chi connectivity index (χ0v) is 13.6. The van der Waals surface area contributed by atoms with E-state index in [0.29, 0.717) is 29.2 Å².